The average molecular weight is 347 g/mol. The van der Waals surface area contributed by atoms with Gasteiger partial charge in [-0.2, -0.15) is 0 Å². The van der Waals surface area contributed by atoms with Crippen LogP contribution in [-0.4, -0.2) is 44.3 Å². The molecule has 0 spiro atoms. The van der Waals surface area contributed by atoms with Crippen LogP contribution in [0.15, 0.2) is 10.3 Å². The molecule has 1 aromatic heterocycles. The maximum Gasteiger partial charge on any atom is 0.264 e. The molecule has 1 aromatic rings. The van der Waals surface area contributed by atoms with E-state index >= 15 is 0 Å². The van der Waals surface area contributed by atoms with E-state index in [0.717, 1.165) is 11.3 Å². The van der Waals surface area contributed by atoms with E-state index in [9.17, 15) is 18.0 Å². The smallest absolute Gasteiger partial charge is 0.264 e. The van der Waals surface area contributed by atoms with Crippen molar-refractivity contribution in [3.05, 3.63) is 16.5 Å². The molecule has 0 atom stereocenters. The van der Waals surface area contributed by atoms with Crippen LogP contribution < -0.4 is 10.5 Å². The van der Waals surface area contributed by atoms with Gasteiger partial charge in [-0.25, -0.2) is 13.6 Å². The number of rotatable bonds is 4. The lowest BCUT2D eigenvalue weighted by Crippen LogP contribution is -2.46. The Labute approximate surface area is 134 Å². The van der Waals surface area contributed by atoms with E-state index in [4.69, 9.17) is 5.14 Å². The minimum absolute atomic E-state index is 0.0686. The number of hydrogen-bond acceptors (Lipinski definition) is 5. The highest BCUT2D eigenvalue weighted by Gasteiger charge is 2.23. The van der Waals surface area contributed by atoms with Gasteiger partial charge < -0.3 is 10.2 Å². The van der Waals surface area contributed by atoms with Crippen LogP contribution in [0.1, 0.15) is 36.0 Å². The van der Waals surface area contributed by atoms with Crippen LogP contribution in [0.5, 0.6) is 0 Å². The van der Waals surface area contributed by atoms with Crippen molar-refractivity contribution in [2.45, 2.75) is 37.4 Å². The Hall–Kier alpha value is -1.45. The molecule has 2 amide bonds. The van der Waals surface area contributed by atoms with Gasteiger partial charge in [0.25, 0.3) is 5.91 Å². The van der Waals surface area contributed by atoms with E-state index in [1.807, 2.05) is 20.8 Å². The Morgan fingerprint density at radius 2 is 1.91 bits per heavy atom. The van der Waals surface area contributed by atoms with Gasteiger partial charge >= 0.3 is 0 Å². The average Bonchev–Trinajstić information content (AvgIpc) is 2.67. The highest BCUT2D eigenvalue weighted by molar-refractivity contribution is 7.91. The van der Waals surface area contributed by atoms with Crippen molar-refractivity contribution in [3.8, 4) is 0 Å². The van der Waals surface area contributed by atoms with Crippen molar-refractivity contribution in [1.82, 2.24) is 10.2 Å². The van der Waals surface area contributed by atoms with Crippen LogP contribution in [0.25, 0.3) is 0 Å². The molecule has 0 aromatic carbocycles. The van der Waals surface area contributed by atoms with Gasteiger partial charge in [0.05, 0.1) is 11.4 Å². The first kappa shape index (κ1) is 18.6. The molecule has 9 heteroatoms. The maximum atomic E-state index is 12.3. The first-order valence-corrected chi connectivity index (χ1v) is 8.87. The molecule has 0 aliphatic carbocycles. The van der Waals surface area contributed by atoms with Gasteiger partial charge in [-0.05, 0) is 39.3 Å². The second-order valence-electron chi connectivity index (χ2n) is 6.08. The van der Waals surface area contributed by atoms with Crippen LogP contribution in [0, 0.1) is 6.92 Å². The SMILES string of the molecule is Cc1cc(S(N)(=O)=O)sc1C(=O)N(C)CC(=O)NC(C)(C)C. The standard InChI is InChI=1S/C13H21N3O4S2/c1-8-6-10(22(14,19)20)21-11(8)12(18)16(5)7-9(17)15-13(2,3)4/h6H,7H2,1-5H3,(H,15,17)(H2,14,19,20). The minimum Gasteiger partial charge on any atom is -0.350 e. The van der Waals surface area contributed by atoms with Gasteiger partial charge in [0.2, 0.25) is 15.9 Å². The predicted molar refractivity (Wildman–Crippen MR) is 85.3 cm³/mol. The van der Waals surface area contributed by atoms with Crippen LogP contribution in [0.3, 0.4) is 0 Å². The first-order valence-electron chi connectivity index (χ1n) is 6.51. The second kappa shape index (κ2) is 6.35. The number of sulfonamides is 1. The number of carbonyl (C=O) groups is 2. The Balaban J connectivity index is 2.88. The van der Waals surface area contributed by atoms with Crippen molar-refractivity contribution >= 4 is 33.2 Å². The summed E-state index contributed by atoms with van der Waals surface area (Å²) in [7, 11) is -2.36. The number of nitrogens with two attached hydrogens (primary N) is 1. The van der Waals surface area contributed by atoms with Crippen LogP contribution in [0.4, 0.5) is 0 Å². The number of nitrogens with one attached hydrogen (secondary N) is 1. The molecule has 0 unspecified atom stereocenters. The highest BCUT2D eigenvalue weighted by atomic mass is 32.2. The Bertz CT molecular complexity index is 687. The third-order valence-electron chi connectivity index (χ3n) is 2.61. The summed E-state index contributed by atoms with van der Waals surface area (Å²) < 4.78 is 22.6. The van der Waals surface area contributed by atoms with Crippen LogP contribution >= 0.6 is 11.3 Å². The fourth-order valence-corrected chi connectivity index (χ4v) is 3.68. The van der Waals surface area contributed by atoms with Crippen molar-refractivity contribution in [1.29, 1.82) is 0 Å². The molecule has 0 fully saturated rings. The molecule has 1 rings (SSSR count). The highest BCUT2D eigenvalue weighted by Crippen LogP contribution is 2.26. The molecule has 124 valence electrons. The molecule has 0 saturated heterocycles. The number of aryl methyl sites for hydroxylation is 1. The van der Waals surface area contributed by atoms with Gasteiger partial charge in [-0.1, -0.05) is 0 Å². The van der Waals surface area contributed by atoms with E-state index in [-0.39, 0.29) is 27.1 Å². The van der Waals surface area contributed by atoms with Crippen molar-refractivity contribution in [3.63, 3.8) is 0 Å². The normalized spacial score (nSPS) is 12.1. The zero-order valence-electron chi connectivity index (χ0n) is 13.3. The largest absolute Gasteiger partial charge is 0.350 e. The summed E-state index contributed by atoms with van der Waals surface area (Å²) in [5.74, 6) is -0.703. The van der Waals surface area contributed by atoms with E-state index in [0.29, 0.717) is 5.56 Å². The van der Waals surface area contributed by atoms with Crippen LogP contribution in [-0.2, 0) is 14.8 Å². The van der Waals surface area contributed by atoms with Gasteiger partial charge in [0.1, 0.15) is 4.21 Å². The fourth-order valence-electron chi connectivity index (χ4n) is 1.72. The van der Waals surface area contributed by atoms with Gasteiger partial charge in [0, 0.05) is 12.6 Å². The van der Waals surface area contributed by atoms with Crippen LogP contribution in [0.2, 0.25) is 0 Å². The number of primary sulfonamides is 1. The molecule has 22 heavy (non-hydrogen) atoms. The Morgan fingerprint density at radius 3 is 2.32 bits per heavy atom. The zero-order chi connectivity index (χ0) is 17.3. The number of nitrogens with zero attached hydrogens (tertiary/aromatic N) is 1. The molecular weight excluding hydrogens is 326 g/mol. The predicted octanol–water partition coefficient (Wildman–Crippen LogP) is 0.691. The fraction of sp³-hybridized carbons (Fsp3) is 0.538. The molecule has 0 saturated carbocycles. The lowest BCUT2D eigenvalue weighted by molar-refractivity contribution is -0.122. The number of hydrogen-bond donors (Lipinski definition) is 2. The number of amides is 2. The number of likely N-dealkylation sites (N-methyl/N-ethyl adjacent to an activating group) is 1. The topological polar surface area (TPSA) is 110 Å². The molecule has 0 aliphatic heterocycles. The molecule has 0 radical (unpaired) electrons. The summed E-state index contributed by atoms with van der Waals surface area (Å²) in [4.78, 5) is 25.7. The van der Waals surface area contributed by atoms with E-state index in [1.54, 1.807) is 6.92 Å². The molecule has 7 nitrogen and oxygen atoms in total. The maximum absolute atomic E-state index is 12.3. The van der Waals surface area contributed by atoms with Crippen molar-refractivity contribution < 1.29 is 18.0 Å². The summed E-state index contributed by atoms with van der Waals surface area (Å²) in [6, 6.07) is 1.36. The number of thiophene rings is 1. The second-order valence-corrected chi connectivity index (χ2v) is 8.92. The van der Waals surface area contributed by atoms with Gasteiger partial charge in [0.15, 0.2) is 0 Å². The molecule has 1 heterocycles. The van der Waals surface area contributed by atoms with E-state index in [1.165, 1.54) is 18.0 Å². The van der Waals surface area contributed by atoms with Crippen molar-refractivity contribution in [2.75, 3.05) is 13.6 Å². The molecule has 0 aliphatic rings. The van der Waals surface area contributed by atoms with Crippen molar-refractivity contribution in [2.24, 2.45) is 5.14 Å². The molecule has 3 N–H and O–H groups in total. The van der Waals surface area contributed by atoms with E-state index in [2.05, 4.69) is 5.32 Å². The summed E-state index contributed by atoms with van der Waals surface area (Å²) in [5.41, 5.74) is 0.128. The minimum atomic E-state index is -3.84. The van der Waals surface area contributed by atoms with E-state index < -0.39 is 15.9 Å². The third kappa shape index (κ3) is 5.08. The van der Waals surface area contributed by atoms with Gasteiger partial charge in [-0.3, -0.25) is 9.59 Å². The first-order chi connectivity index (χ1) is 9.81. The summed E-state index contributed by atoms with van der Waals surface area (Å²) in [6.07, 6.45) is 0. The summed E-state index contributed by atoms with van der Waals surface area (Å²) in [5, 5.41) is 7.81. The lowest BCUT2D eigenvalue weighted by Gasteiger charge is -2.23. The quantitative estimate of drug-likeness (QED) is 0.835. The Kier molecular flexibility index (Phi) is 5.37. The lowest BCUT2D eigenvalue weighted by atomic mass is 10.1. The summed E-state index contributed by atoms with van der Waals surface area (Å²) >= 11 is 0.807. The monoisotopic (exact) mass is 347 g/mol. The number of carbonyl (C=O) groups excluding carboxylic acids is 2. The van der Waals surface area contributed by atoms with Gasteiger partial charge in [-0.15, -0.1) is 11.3 Å². The third-order valence-corrected chi connectivity index (χ3v) is 5.26. The molecular formula is C13H21N3O4S2. The Morgan fingerprint density at radius 1 is 1.36 bits per heavy atom. The zero-order valence-corrected chi connectivity index (χ0v) is 14.9. The summed E-state index contributed by atoms with van der Waals surface area (Å²) in [6.45, 7) is 7.04. The molecule has 0 bridgehead atoms.